The summed E-state index contributed by atoms with van der Waals surface area (Å²) in [5.41, 5.74) is 2.74. The zero-order valence-electron chi connectivity index (χ0n) is 13.3. The van der Waals surface area contributed by atoms with Crippen LogP contribution in [0.2, 0.25) is 0 Å². The van der Waals surface area contributed by atoms with Gasteiger partial charge in [-0.2, -0.15) is 0 Å². The topological polar surface area (TPSA) is 31.1 Å². The molecule has 0 unspecified atom stereocenters. The van der Waals surface area contributed by atoms with Crippen molar-refractivity contribution in [2.45, 2.75) is 26.3 Å². The van der Waals surface area contributed by atoms with Gasteiger partial charge in [0.1, 0.15) is 0 Å². The highest BCUT2D eigenvalue weighted by atomic mass is 35.5. The summed E-state index contributed by atoms with van der Waals surface area (Å²) in [6, 6.07) is 9.43. The summed E-state index contributed by atoms with van der Waals surface area (Å²) in [7, 11) is 0. The second-order valence-electron chi connectivity index (χ2n) is 6.22. The number of benzene rings is 1. The van der Waals surface area contributed by atoms with Crippen LogP contribution in [-0.2, 0) is 0 Å². The minimum absolute atomic E-state index is 0. The molecule has 2 heterocycles. The third-order valence-corrected chi connectivity index (χ3v) is 4.27. The molecule has 0 bridgehead atoms. The summed E-state index contributed by atoms with van der Waals surface area (Å²) in [5.74, 6) is 0.712. The molecule has 3 rings (SSSR count). The van der Waals surface area contributed by atoms with E-state index >= 15 is 0 Å². The summed E-state index contributed by atoms with van der Waals surface area (Å²) in [6.07, 6.45) is 3.28. The molecule has 0 amide bonds. The first-order valence-electron chi connectivity index (χ1n) is 7.76. The zero-order valence-corrected chi connectivity index (χ0v) is 15.0. The fourth-order valence-corrected chi connectivity index (χ4v) is 3.31. The first kappa shape index (κ1) is 19.3. The Morgan fingerprint density at radius 1 is 1.09 bits per heavy atom. The Morgan fingerprint density at radius 3 is 2.50 bits per heavy atom. The van der Waals surface area contributed by atoms with Gasteiger partial charge in [-0.3, -0.25) is 4.90 Å². The van der Waals surface area contributed by atoms with E-state index in [1.165, 1.54) is 22.9 Å². The van der Waals surface area contributed by atoms with E-state index in [9.17, 15) is 0 Å². The molecule has 0 saturated carbocycles. The number of piperazine rings is 1. The number of halogens is 2. The first-order valence-corrected chi connectivity index (χ1v) is 7.76. The molecule has 1 aliphatic heterocycles. The smallest absolute Gasteiger partial charge is 0.0457 e. The molecule has 22 heavy (non-hydrogen) atoms. The van der Waals surface area contributed by atoms with Crippen molar-refractivity contribution < 1.29 is 0 Å². The van der Waals surface area contributed by atoms with Gasteiger partial charge < -0.3 is 10.3 Å². The second-order valence-corrected chi connectivity index (χ2v) is 6.22. The van der Waals surface area contributed by atoms with Crippen LogP contribution in [0.15, 0.2) is 30.5 Å². The Kier molecular flexibility index (Phi) is 7.70. The van der Waals surface area contributed by atoms with Gasteiger partial charge in [-0.05, 0) is 30.0 Å². The van der Waals surface area contributed by atoms with Crippen molar-refractivity contribution in [2.75, 3.05) is 26.2 Å². The van der Waals surface area contributed by atoms with Crippen molar-refractivity contribution in [2.24, 2.45) is 5.92 Å². The largest absolute Gasteiger partial charge is 0.361 e. The van der Waals surface area contributed by atoms with E-state index in [2.05, 4.69) is 59.5 Å². The van der Waals surface area contributed by atoms with Crippen LogP contribution < -0.4 is 5.32 Å². The fourth-order valence-electron chi connectivity index (χ4n) is 3.31. The number of aromatic nitrogens is 1. The van der Waals surface area contributed by atoms with Crippen LogP contribution >= 0.6 is 24.8 Å². The molecule has 1 fully saturated rings. The maximum Gasteiger partial charge on any atom is 0.0457 e. The average Bonchev–Trinajstić information content (AvgIpc) is 2.94. The first-order chi connectivity index (χ1) is 9.75. The maximum atomic E-state index is 3.46. The molecule has 2 aromatic rings. The summed E-state index contributed by atoms with van der Waals surface area (Å²) < 4.78 is 0. The van der Waals surface area contributed by atoms with Crippen LogP contribution in [0, 0.1) is 5.92 Å². The molecule has 1 aliphatic rings. The molecular formula is C17H27Cl2N3. The van der Waals surface area contributed by atoms with E-state index in [-0.39, 0.29) is 24.8 Å². The standard InChI is InChI=1S/C17H25N3.2ClH/c1-13(2)12-17(20-10-8-18-9-11-20)15-4-3-5-16-14(15)6-7-19-16;;/h3-7,13,17-19H,8-12H2,1-2H3;2*1H/t17-;;/m1../s1. The average molecular weight is 344 g/mol. The number of rotatable bonds is 4. The minimum atomic E-state index is 0. The minimum Gasteiger partial charge on any atom is -0.361 e. The predicted molar refractivity (Wildman–Crippen MR) is 99.4 cm³/mol. The van der Waals surface area contributed by atoms with Gasteiger partial charge in [-0.25, -0.2) is 0 Å². The number of fused-ring (bicyclic) bond motifs is 1. The van der Waals surface area contributed by atoms with Gasteiger partial charge in [0.15, 0.2) is 0 Å². The van der Waals surface area contributed by atoms with Gasteiger partial charge >= 0.3 is 0 Å². The summed E-state index contributed by atoms with van der Waals surface area (Å²) in [6.45, 7) is 9.17. The van der Waals surface area contributed by atoms with Crippen molar-refractivity contribution in [1.29, 1.82) is 0 Å². The number of nitrogens with zero attached hydrogens (tertiary/aromatic N) is 1. The molecule has 1 saturated heterocycles. The molecule has 2 N–H and O–H groups in total. The van der Waals surface area contributed by atoms with Crippen LogP contribution in [0.5, 0.6) is 0 Å². The van der Waals surface area contributed by atoms with E-state index in [1.54, 1.807) is 0 Å². The molecule has 124 valence electrons. The highest BCUT2D eigenvalue weighted by Crippen LogP contribution is 2.32. The van der Waals surface area contributed by atoms with E-state index in [0.717, 1.165) is 26.2 Å². The van der Waals surface area contributed by atoms with E-state index in [0.29, 0.717) is 12.0 Å². The number of aromatic amines is 1. The molecular weight excluding hydrogens is 317 g/mol. The van der Waals surface area contributed by atoms with Gasteiger partial charge in [0.25, 0.3) is 0 Å². The lowest BCUT2D eigenvalue weighted by atomic mass is 9.93. The summed E-state index contributed by atoms with van der Waals surface area (Å²) in [4.78, 5) is 5.99. The van der Waals surface area contributed by atoms with Crippen LogP contribution in [0.4, 0.5) is 0 Å². The van der Waals surface area contributed by atoms with Crippen molar-refractivity contribution in [1.82, 2.24) is 15.2 Å². The van der Waals surface area contributed by atoms with Crippen molar-refractivity contribution in [3.63, 3.8) is 0 Å². The van der Waals surface area contributed by atoms with Gasteiger partial charge in [0.05, 0.1) is 0 Å². The molecule has 0 radical (unpaired) electrons. The van der Waals surface area contributed by atoms with E-state index < -0.39 is 0 Å². The lowest BCUT2D eigenvalue weighted by Crippen LogP contribution is -2.45. The normalized spacial score (nSPS) is 17.0. The summed E-state index contributed by atoms with van der Waals surface area (Å²) in [5, 5.41) is 4.84. The number of hydrogen-bond donors (Lipinski definition) is 2. The Labute approximate surface area is 145 Å². The highest BCUT2D eigenvalue weighted by molar-refractivity contribution is 5.85. The number of H-pyrrole nitrogens is 1. The maximum absolute atomic E-state index is 3.46. The van der Waals surface area contributed by atoms with Gasteiger partial charge in [0, 0.05) is 49.3 Å². The van der Waals surface area contributed by atoms with Gasteiger partial charge in [-0.15, -0.1) is 24.8 Å². The number of nitrogens with one attached hydrogen (secondary N) is 2. The third kappa shape index (κ3) is 4.17. The fraction of sp³-hybridized carbons (Fsp3) is 0.529. The van der Waals surface area contributed by atoms with Crippen LogP contribution in [0.3, 0.4) is 0 Å². The van der Waals surface area contributed by atoms with Crippen molar-refractivity contribution in [3.8, 4) is 0 Å². The molecule has 0 aliphatic carbocycles. The quantitative estimate of drug-likeness (QED) is 0.878. The van der Waals surface area contributed by atoms with Gasteiger partial charge in [-0.1, -0.05) is 26.0 Å². The molecule has 1 aromatic heterocycles. The zero-order chi connectivity index (χ0) is 13.9. The van der Waals surface area contributed by atoms with Crippen LogP contribution in [0.1, 0.15) is 31.9 Å². The number of hydrogen-bond acceptors (Lipinski definition) is 2. The van der Waals surface area contributed by atoms with Crippen molar-refractivity contribution >= 4 is 35.7 Å². The van der Waals surface area contributed by atoms with Gasteiger partial charge in [0.2, 0.25) is 0 Å². The Bertz CT molecular complexity index is 562. The van der Waals surface area contributed by atoms with Crippen molar-refractivity contribution in [3.05, 3.63) is 36.0 Å². The molecule has 3 nitrogen and oxygen atoms in total. The predicted octanol–water partition coefficient (Wildman–Crippen LogP) is 4.00. The second kappa shape index (κ2) is 8.78. The molecule has 1 aromatic carbocycles. The lowest BCUT2D eigenvalue weighted by Gasteiger charge is -2.36. The lowest BCUT2D eigenvalue weighted by molar-refractivity contribution is 0.155. The monoisotopic (exact) mass is 343 g/mol. The molecule has 0 spiro atoms. The Hall–Kier alpha value is -0.740. The van der Waals surface area contributed by atoms with E-state index in [1.807, 2.05) is 0 Å². The SMILES string of the molecule is CC(C)C[C@H](c1cccc2[nH]ccc12)N1CCNCC1.Cl.Cl. The summed E-state index contributed by atoms with van der Waals surface area (Å²) >= 11 is 0. The molecule has 5 heteroatoms. The van der Waals surface area contributed by atoms with Crippen LogP contribution in [-0.4, -0.2) is 36.1 Å². The third-order valence-electron chi connectivity index (χ3n) is 4.27. The van der Waals surface area contributed by atoms with E-state index in [4.69, 9.17) is 0 Å². The molecule has 1 atom stereocenters. The Balaban J connectivity index is 0.00000121. The highest BCUT2D eigenvalue weighted by Gasteiger charge is 2.24. The Morgan fingerprint density at radius 2 is 1.82 bits per heavy atom. The van der Waals surface area contributed by atoms with Crippen LogP contribution in [0.25, 0.3) is 10.9 Å².